The maximum atomic E-state index is 6.05. The Kier molecular flexibility index (Phi) is 10.3. The van der Waals surface area contributed by atoms with Crippen molar-refractivity contribution in [3.8, 4) is 34.2 Å². The molecular weight excluding hydrogens is 532 g/mol. The lowest BCUT2D eigenvalue weighted by atomic mass is 9.94. The summed E-state index contributed by atoms with van der Waals surface area (Å²) >= 11 is 6.00. The van der Waals surface area contributed by atoms with E-state index in [9.17, 15) is 0 Å². The van der Waals surface area contributed by atoms with Gasteiger partial charge in [-0.2, -0.15) is 0 Å². The number of halogens is 1. The maximum absolute atomic E-state index is 6.05. The van der Waals surface area contributed by atoms with Crippen molar-refractivity contribution in [1.29, 1.82) is 0 Å². The molecule has 1 saturated heterocycles. The number of nitrogens with zero attached hydrogens (tertiary/aromatic N) is 3. The Hall–Kier alpha value is -3.32. The van der Waals surface area contributed by atoms with Gasteiger partial charge in [0, 0.05) is 35.4 Å². The molecule has 0 unspecified atom stereocenters. The molecule has 2 heterocycles. The second kappa shape index (κ2) is 14.5. The minimum atomic E-state index is 0.633. The summed E-state index contributed by atoms with van der Waals surface area (Å²) in [4.78, 5) is 7.56. The summed E-state index contributed by atoms with van der Waals surface area (Å²) in [5.41, 5.74) is 3.13. The first kappa shape index (κ1) is 29.2. The van der Waals surface area contributed by atoms with Gasteiger partial charge in [-0.05, 0) is 124 Å². The highest BCUT2D eigenvalue weighted by atomic mass is 35.5. The van der Waals surface area contributed by atoms with Crippen LogP contribution in [0.4, 0.5) is 0 Å². The van der Waals surface area contributed by atoms with Crippen molar-refractivity contribution in [3.05, 3.63) is 89.8 Å². The minimum Gasteiger partial charge on any atom is -0.494 e. The lowest BCUT2D eigenvalue weighted by Crippen LogP contribution is -2.29. The summed E-state index contributed by atoms with van der Waals surface area (Å²) in [5, 5.41) is 4.17. The number of imidazole rings is 1. The standard InChI is InChI=1S/C34H41ClN4O2/c1-3-38(4-2)22-5-23-40-30-16-10-29(11-17-30)39-25-33(37-34(39)24-26-18-20-36-21-19-26)27-6-12-31(13-7-27)41-32-14-8-28(35)9-15-32/h6-17,25-26,36H,3-5,18-24H2,1-2H3. The number of hydrogen-bond donors (Lipinski definition) is 1. The number of ether oxygens (including phenoxy) is 2. The number of nitrogens with one attached hydrogen (secondary N) is 1. The van der Waals surface area contributed by atoms with Gasteiger partial charge in [0.05, 0.1) is 12.3 Å². The Morgan fingerprint density at radius 1 is 0.878 bits per heavy atom. The van der Waals surface area contributed by atoms with Crippen LogP contribution in [0.2, 0.25) is 5.02 Å². The first-order valence-electron chi connectivity index (χ1n) is 14.9. The van der Waals surface area contributed by atoms with Gasteiger partial charge in [-0.15, -0.1) is 0 Å². The first-order valence-corrected chi connectivity index (χ1v) is 15.3. The normalized spacial score (nSPS) is 14.0. The van der Waals surface area contributed by atoms with Crippen LogP contribution in [0, 0.1) is 5.92 Å². The smallest absolute Gasteiger partial charge is 0.127 e. The Balaban J connectivity index is 1.31. The molecule has 0 amide bonds. The van der Waals surface area contributed by atoms with E-state index in [1.165, 1.54) is 12.8 Å². The lowest BCUT2D eigenvalue weighted by molar-refractivity contribution is 0.249. The lowest BCUT2D eigenvalue weighted by Gasteiger charge is -2.22. The highest BCUT2D eigenvalue weighted by Gasteiger charge is 2.19. The summed E-state index contributed by atoms with van der Waals surface area (Å²) in [6, 6.07) is 23.9. The van der Waals surface area contributed by atoms with Gasteiger partial charge in [0.2, 0.25) is 0 Å². The van der Waals surface area contributed by atoms with Crippen molar-refractivity contribution in [2.45, 2.75) is 39.5 Å². The molecule has 0 spiro atoms. The fraction of sp³-hybridized carbons (Fsp3) is 0.382. The van der Waals surface area contributed by atoms with Crippen LogP contribution in [0.15, 0.2) is 79.0 Å². The van der Waals surface area contributed by atoms with Crippen LogP contribution in [-0.2, 0) is 6.42 Å². The van der Waals surface area contributed by atoms with Gasteiger partial charge in [0.25, 0.3) is 0 Å². The molecule has 0 radical (unpaired) electrons. The average molecular weight is 573 g/mol. The van der Waals surface area contributed by atoms with Crippen molar-refractivity contribution in [2.75, 3.05) is 39.3 Å². The zero-order chi connectivity index (χ0) is 28.4. The van der Waals surface area contributed by atoms with Crippen LogP contribution in [0.3, 0.4) is 0 Å². The molecule has 3 aromatic carbocycles. The Morgan fingerprint density at radius 2 is 1.51 bits per heavy atom. The van der Waals surface area contributed by atoms with E-state index in [0.717, 1.165) is 92.2 Å². The zero-order valence-electron chi connectivity index (χ0n) is 24.2. The minimum absolute atomic E-state index is 0.633. The monoisotopic (exact) mass is 572 g/mol. The van der Waals surface area contributed by atoms with Crippen molar-refractivity contribution >= 4 is 11.6 Å². The van der Waals surface area contributed by atoms with E-state index in [-0.39, 0.29) is 0 Å². The average Bonchev–Trinajstić information content (AvgIpc) is 3.43. The van der Waals surface area contributed by atoms with E-state index in [1.807, 2.05) is 36.4 Å². The van der Waals surface area contributed by atoms with E-state index in [4.69, 9.17) is 26.1 Å². The fourth-order valence-electron chi connectivity index (χ4n) is 5.32. The third kappa shape index (κ3) is 8.13. The molecule has 1 fully saturated rings. The highest BCUT2D eigenvalue weighted by Crippen LogP contribution is 2.29. The highest BCUT2D eigenvalue weighted by molar-refractivity contribution is 6.30. The fourth-order valence-corrected chi connectivity index (χ4v) is 5.45. The molecule has 1 aromatic heterocycles. The summed E-state index contributed by atoms with van der Waals surface area (Å²) in [6.07, 6.45) is 6.51. The summed E-state index contributed by atoms with van der Waals surface area (Å²) in [7, 11) is 0. The number of rotatable bonds is 13. The molecule has 41 heavy (non-hydrogen) atoms. The molecule has 1 aliphatic heterocycles. The molecular formula is C34H41ClN4O2. The Bertz CT molecular complexity index is 1340. The predicted molar refractivity (Wildman–Crippen MR) is 168 cm³/mol. The van der Waals surface area contributed by atoms with Crippen LogP contribution in [0.5, 0.6) is 17.2 Å². The molecule has 0 aliphatic carbocycles. The van der Waals surface area contributed by atoms with Crippen LogP contribution in [0.25, 0.3) is 16.9 Å². The van der Waals surface area contributed by atoms with E-state index in [2.05, 4.69) is 71.2 Å². The Labute approximate surface area is 249 Å². The molecule has 0 bridgehead atoms. The second-order valence-electron chi connectivity index (χ2n) is 10.6. The molecule has 7 heteroatoms. The molecule has 0 atom stereocenters. The number of aromatic nitrogens is 2. The van der Waals surface area contributed by atoms with Crippen LogP contribution in [-0.4, -0.2) is 53.8 Å². The summed E-state index contributed by atoms with van der Waals surface area (Å²) in [6.45, 7) is 10.5. The van der Waals surface area contributed by atoms with Gasteiger partial charge >= 0.3 is 0 Å². The molecule has 1 N–H and O–H groups in total. The molecule has 4 aromatic rings. The summed E-state index contributed by atoms with van der Waals surface area (Å²) < 4.78 is 14.3. The predicted octanol–water partition coefficient (Wildman–Crippen LogP) is 7.64. The number of hydrogen-bond acceptors (Lipinski definition) is 5. The number of benzene rings is 3. The third-order valence-corrected chi connectivity index (χ3v) is 8.06. The van der Waals surface area contributed by atoms with Gasteiger partial charge < -0.3 is 24.3 Å². The van der Waals surface area contributed by atoms with Crippen molar-refractivity contribution in [2.24, 2.45) is 5.92 Å². The van der Waals surface area contributed by atoms with Crippen molar-refractivity contribution < 1.29 is 9.47 Å². The largest absolute Gasteiger partial charge is 0.494 e. The first-order chi connectivity index (χ1) is 20.1. The molecule has 5 rings (SSSR count). The zero-order valence-corrected chi connectivity index (χ0v) is 24.9. The van der Waals surface area contributed by atoms with Crippen LogP contribution < -0.4 is 14.8 Å². The second-order valence-corrected chi connectivity index (χ2v) is 11.0. The van der Waals surface area contributed by atoms with Gasteiger partial charge in [0.1, 0.15) is 23.1 Å². The Morgan fingerprint density at radius 3 is 2.17 bits per heavy atom. The van der Waals surface area contributed by atoms with E-state index >= 15 is 0 Å². The molecule has 0 saturated carbocycles. The van der Waals surface area contributed by atoms with Gasteiger partial charge in [-0.3, -0.25) is 0 Å². The van der Waals surface area contributed by atoms with Crippen molar-refractivity contribution in [3.63, 3.8) is 0 Å². The van der Waals surface area contributed by atoms with E-state index in [0.29, 0.717) is 10.9 Å². The molecule has 1 aliphatic rings. The van der Waals surface area contributed by atoms with Crippen LogP contribution >= 0.6 is 11.6 Å². The van der Waals surface area contributed by atoms with Gasteiger partial charge in [0.15, 0.2) is 0 Å². The van der Waals surface area contributed by atoms with Gasteiger partial charge in [-0.1, -0.05) is 25.4 Å². The van der Waals surface area contributed by atoms with Gasteiger partial charge in [-0.25, -0.2) is 4.98 Å². The summed E-state index contributed by atoms with van der Waals surface area (Å²) in [5.74, 6) is 4.17. The van der Waals surface area contributed by atoms with Crippen LogP contribution in [0.1, 0.15) is 38.9 Å². The SMILES string of the molecule is CCN(CC)CCCOc1ccc(-n2cc(-c3ccc(Oc4ccc(Cl)cc4)cc3)nc2CC2CCNCC2)cc1. The maximum Gasteiger partial charge on any atom is 0.127 e. The van der Waals surface area contributed by atoms with E-state index in [1.54, 1.807) is 0 Å². The molecule has 6 nitrogen and oxygen atoms in total. The molecule has 216 valence electrons. The van der Waals surface area contributed by atoms with E-state index < -0.39 is 0 Å². The quantitative estimate of drug-likeness (QED) is 0.167. The number of piperidine rings is 1. The topological polar surface area (TPSA) is 51.5 Å². The third-order valence-electron chi connectivity index (χ3n) is 7.81. The van der Waals surface area contributed by atoms with Crippen molar-refractivity contribution in [1.82, 2.24) is 19.8 Å².